The zero-order valence-electron chi connectivity index (χ0n) is 10.9. The predicted octanol–water partition coefficient (Wildman–Crippen LogP) is 1.18. The molecule has 5 nitrogen and oxygen atoms in total. The zero-order chi connectivity index (χ0) is 13.7. The number of carbonyl (C=O) groups is 1. The van der Waals surface area contributed by atoms with Crippen molar-refractivity contribution in [2.24, 2.45) is 18.7 Å². The van der Waals surface area contributed by atoms with Crippen LogP contribution < -0.4 is 11.1 Å². The molecule has 1 amide bonds. The maximum atomic E-state index is 12.1. The van der Waals surface area contributed by atoms with Gasteiger partial charge in [0.1, 0.15) is 0 Å². The molecule has 1 aromatic carbocycles. The molecule has 3 N–H and O–H groups in total. The minimum Gasteiger partial charge on any atom is -0.330 e. The van der Waals surface area contributed by atoms with E-state index in [0.717, 1.165) is 5.56 Å². The maximum absolute atomic E-state index is 12.1. The van der Waals surface area contributed by atoms with Crippen molar-refractivity contribution in [1.82, 2.24) is 9.78 Å². The van der Waals surface area contributed by atoms with Gasteiger partial charge in [-0.25, -0.2) is 0 Å². The fourth-order valence-corrected chi connectivity index (χ4v) is 1.89. The third-order valence-electron chi connectivity index (χ3n) is 2.95. The predicted molar refractivity (Wildman–Crippen MR) is 74.5 cm³/mol. The van der Waals surface area contributed by atoms with Gasteiger partial charge in [-0.2, -0.15) is 5.10 Å². The van der Waals surface area contributed by atoms with Gasteiger partial charge in [-0.3, -0.25) is 9.48 Å². The highest BCUT2D eigenvalue weighted by atomic mass is 16.2. The average Bonchev–Trinajstić information content (AvgIpc) is 2.82. The Balaban J connectivity index is 1.99. The van der Waals surface area contributed by atoms with Crippen molar-refractivity contribution in [3.8, 4) is 0 Å². The molecule has 1 atom stereocenters. The van der Waals surface area contributed by atoms with E-state index in [0.29, 0.717) is 18.8 Å². The highest BCUT2D eigenvalue weighted by Crippen LogP contribution is 2.10. The van der Waals surface area contributed by atoms with Crippen LogP contribution in [0, 0.1) is 5.92 Å². The summed E-state index contributed by atoms with van der Waals surface area (Å²) in [7, 11) is 1.81. The molecule has 2 aromatic rings. The van der Waals surface area contributed by atoms with Crippen LogP contribution in [0.3, 0.4) is 0 Å². The number of nitrogens with two attached hydrogens (primary N) is 1. The van der Waals surface area contributed by atoms with Gasteiger partial charge in [0.15, 0.2) is 5.82 Å². The van der Waals surface area contributed by atoms with Crippen LogP contribution in [0.4, 0.5) is 5.82 Å². The molecule has 2 rings (SSSR count). The summed E-state index contributed by atoms with van der Waals surface area (Å²) in [6.45, 7) is 0.313. The third-order valence-corrected chi connectivity index (χ3v) is 2.95. The number of benzene rings is 1. The monoisotopic (exact) mass is 258 g/mol. The first-order chi connectivity index (χ1) is 9.19. The number of rotatable bonds is 5. The summed E-state index contributed by atoms with van der Waals surface area (Å²) in [6, 6.07) is 11.6. The van der Waals surface area contributed by atoms with Gasteiger partial charge in [0.05, 0.1) is 5.92 Å². The summed E-state index contributed by atoms with van der Waals surface area (Å²) >= 11 is 0. The smallest absolute Gasteiger partial charge is 0.230 e. The molecule has 0 spiro atoms. The van der Waals surface area contributed by atoms with E-state index in [4.69, 9.17) is 5.73 Å². The van der Waals surface area contributed by atoms with Crippen molar-refractivity contribution in [2.45, 2.75) is 6.42 Å². The van der Waals surface area contributed by atoms with Gasteiger partial charge in [-0.15, -0.1) is 0 Å². The number of amides is 1. The molecule has 0 bridgehead atoms. The van der Waals surface area contributed by atoms with Crippen LogP contribution in [-0.2, 0) is 18.3 Å². The van der Waals surface area contributed by atoms with E-state index < -0.39 is 0 Å². The second kappa shape index (κ2) is 6.15. The van der Waals surface area contributed by atoms with Crippen LogP contribution in [0.15, 0.2) is 42.6 Å². The lowest BCUT2D eigenvalue weighted by Crippen LogP contribution is -2.31. The van der Waals surface area contributed by atoms with Crippen LogP contribution >= 0.6 is 0 Å². The van der Waals surface area contributed by atoms with Gasteiger partial charge < -0.3 is 11.1 Å². The Kier molecular flexibility index (Phi) is 4.30. The molecule has 1 unspecified atom stereocenters. The first-order valence-corrected chi connectivity index (χ1v) is 6.23. The van der Waals surface area contributed by atoms with Crippen LogP contribution in [-0.4, -0.2) is 22.2 Å². The fraction of sp³-hybridized carbons (Fsp3) is 0.286. The van der Waals surface area contributed by atoms with E-state index in [1.165, 1.54) is 0 Å². The molecule has 0 aliphatic carbocycles. The Morgan fingerprint density at radius 1 is 1.37 bits per heavy atom. The molecule has 1 aromatic heterocycles. The normalized spacial score (nSPS) is 12.1. The second-order valence-corrected chi connectivity index (χ2v) is 4.49. The molecule has 0 aliphatic heterocycles. The molecule has 0 fully saturated rings. The molecule has 0 aliphatic rings. The minimum absolute atomic E-state index is 0.0925. The summed E-state index contributed by atoms with van der Waals surface area (Å²) in [5, 5.41) is 6.90. The number of hydrogen-bond donors (Lipinski definition) is 2. The van der Waals surface area contributed by atoms with Crippen LogP contribution in [0.5, 0.6) is 0 Å². The van der Waals surface area contributed by atoms with Crippen LogP contribution in [0.2, 0.25) is 0 Å². The van der Waals surface area contributed by atoms with E-state index in [2.05, 4.69) is 10.4 Å². The lowest BCUT2D eigenvalue weighted by atomic mass is 9.98. The van der Waals surface area contributed by atoms with Crippen LogP contribution in [0.25, 0.3) is 0 Å². The molecular weight excluding hydrogens is 240 g/mol. The Morgan fingerprint density at radius 3 is 2.68 bits per heavy atom. The minimum atomic E-state index is -0.246. The quantitative estimate of drug-likeness (QED) is 0.845. The van der Waals surface area contributed by atoms with Crippen molar-refractivity contribution >= 4 is 11.7 Å². The van der Waals surface area contributed by atoms with Gasteiger partial charge in [0.25, 0.3) is 0 Å². The van der Waals surface area contributed by atoms with E-state index in [9.17, 15) is 4.79 Å². The average molecular weight is 258 g/mol. The highest BCUT2D eigenvalue weighted by Gasteiger charge is 2.18. The van der Waals surface area contributed by atoms with Gasteiger partial charge >= 0.3 is 0 Å². The Hall–Kier alpha value is -2.14. The molecule has 100 valence electrons. The molecule has 0 saturated heterocycles. The Labute approximate surface area is 112 Å². The number of aryl methyl sites for hydroxylation is 1. The number of carbonyl (C=O) groups excluding carboxylic acids is 1. The van der Waals surface area contributed by atoms with Crippen molar-refractivity contribution in [1.29, 1.82) is 0 Å². The molecule has 0 saturated carbocycles. The Bertz CT molecular complexity index is 535. The van der Waals surface area contributed by atoms with E-state index >= 15 is 0 Å². The van der Waals surface area contributed by atoms with Gasteiger partial charge in [-0.05, 0) is 12.0 Å². The molecule has 19 heavy (non-hydrogen) atoms. The lowest BCUT2D eigenvalue weighted by molar-refractivity contribution is -0.119. The first kappa shape index (κ1) is 13.3. The standard InChI is InChI=1S/C14H18N4O/c1-18-8-7-13(17-18)16-14(19)12(10-15)9-11-5-3-2-4-6-11/h2-8,12H,9-10,15H2,1H3,(H,16,17,19). The fourth-order valence-electron chi connectivity index (χ4n) is 1.89. The van der Waals surface area contributed by atoms with Crippen LogP contribution in [0.1, 0.15) is 5.56 Å². The topological polar surface area (TPSA) is 72.9 Å². The summed E-state index contributed by atoms with van der Waals surface area (Å²) in [5.74, 6) is 0.216. The summed E-state index contributed by atoms with van der Waals surface area (Å²) in [4.78, 5) is 12.1. The number of hydrogen-bond acceptors (Lipinski definition) is 3. The Morgan fingerprint density at radius 2 is 2.11 bits per heavy atom. The van der Waals surface area contributed by atoms with E-state index in [-0.39, 0.29) is 11.8 Å². The SMILES string of the molecule is Cn1ccc(NC(=O)C(CN)Cc2ccccc2)n1. The van der Waals surface area contributed by atoms with Gasteiger partial charge in [-0.1, -0.05) is 30.3 Å². The van der Waals surface area contributed by atoms with Crippen molar-refractivity contribution in [2.75, 3.05) is 11.9 Å². The zero-order valence-corrected chi connectivity index (χ0v) is 10.9. The molecule has 1 heterocycles. The number of aromatic nitrogens is 2. The first-order valence-electron chi connectivity index (χ1n) is 6.23. The summed E-state index contributed by atoms with van der Waals surface area (Å²) in [6.07, 6.45) is 2.42. The molecular formula is C14H18N4O. The van der Waals surface area contributed by atoms with Crippen molar-refractivity contribution in [3.63, 3.8) is 0 Å². The van der Waals surface area contributed by atoms with E-state index in [1.807, 2.05) is 30.3 Å². The maximum Gasteiger partial charge on any atom is 0.230 e. The molecule has 5 heteroatoms. The van der Waals surface area contributed by atoms with Crippen molar-refractivity contribution < 1.29 is 4.79 Å². The highest BCUT2D eigenvalue weighted by molar-refractivity contribution is 5.91. The second-order valence-electron chi connectivity index (χ2n) is 4.49. The van der Waals surface area contributed by atoms with Gasteiger partial charge in [0.2, 0.25) is 5.91 Å². The summed E-state index contributed by atoms with van der Waals surface area (Å²) in [5.41, 5.74) is 6.80. The number of nitrogens with one attached hydrogen (secondary N) is 1. The van der Waals surface area contributed by atoms with Crippen molar-refractivity contribution in [3.05, 3.63) is 48.2 Å². The van der Waals surface area contributed by atoms with Gasteiger partial charge in [0, 0.05) is 25.9 Å². The number of nitrogens with zero attached hydrogens (tertiary/aromatic N) is 2. The lowest BCUT2D eigenvalue weighted by Gasteiger charge is -2.13. The largest absolute Gasteiger partial charge is 0.330 e. The number of anilines is 1. The van der Waals surface area contributed by atoms with E-state index in [1.54, 1.807) is 24.0 Å². The molecule has 0 radical (unpaired) electrons. The third kappa shape index (κ3) is 3.66. The summed E-state index contributed by atoms with van der Waals surface area (Å²) < 4.78 is 1.64.